The van der Waals surface area contributed by atoms with Gasteiger partial charge in [0, 0.05) is 6.54 Å². The highest BCUT2D eigenvalue weighted by molar-refractivity contribution is 6.09. The van der Waals surface area contributed by atoms with Crippen molar-refractivity contribution in [1.82, 2.24) is 15.5 Å². The van der Waals surface area contributed by atoms with Gasteiger partial charge in [-0.3, -0.25) is 14.5 Å². The van der Waals surface area contributed by atoms with Crippen LogP contribution in [0, 0.1) is 6.92 Å². The summed E-state index contributed by atoms with van der Waals surface area (Å²) in [6, 6.07) is 6.86. The van der Waals surface area contributed by atoms with Crippen LogP contribution < -0.4 is 10.6 Å². The van der Waals surface area contributed by atoms with Gasteiger partial charge in [0.1, 0.15) is 12.1 Å². The summed E-state index contributed by atoms with van der Waals surface area (Å²) in [5.74, 6) is -0.744. The molecule has 1 aromatic rings. The Labute approximate surface area is 129 Å². The smallest absolute Gasteiger partial charge is 0.325 e. The number of aryl methyl sites for hydroxylation is 1. The van der Waals surface area contributed by atoms with Gasteiger partial charge in [0.05, 0.1) is 0 Å². The molecular weight excluding hydrogens is 282 g/mol. The number of hydrogen-bond acceptors (Lipinski definition) is 3. The monoisotopic (exact) mass is 303 g/mol. The molecule has 0 aliphatic carbocycles. The zero-order valence-electron chi connectivity index (χ0n) is 13.1. The molecule has 0 radical (unpaired) electrons. The van der Waals surface area contributed by atoms with E-state index in [1.807, 2.05) is 38.1 Å². The second kappa shape index (κ2) is 6.17. The molecule has 6 heteroatoms. The molecule has 0 spiro atoms. The fraction of sp³-hybridized carbons (Fsp3) is 0.438. The van der Waals surface area contributed by atoms with E-state index in [2.05, 4.69) is 10.6 Å². The SMILES string of the molecule is CCCNC(=O)CN1C(=O)N[C@@](C)(c2ccc(C)cc2)C1=O. The van der Waals surface area contributed by atoms with E-state index in [9.17, 15) is 14.4 Å². The maximum absolute atomic E-state index is 12.6. The normalized spacial score (nSPS) is 21.0. The molecule has 1 heterocycles. The number of urea groups is 1. The molecule has 6 nitrogen and oxygen atoms in total. The quantitative estimate of drug-likeness (QED) is 0.805. The lowest BCUT2D eigenvalue weighted by molar-refractivity contribution is -0.134. The van der Waals surface area contributed by atoms with Crippen LogP contribution in [-0.2, 0) is 15.1 Å². The molecule has 1 aliphatic heterocycles. The molecule has 1 aliphatic rings. The van der Waals surface area contributed by atoms with Crippen molar-refractivity contribution in [1.29, 1.82) is 0 Å². The first-order valence-corrected chi connectivity index (χ1v) is 7.36. The van der Waals surface area contributed by atoms with Crippen molar-refractivity contribution in [3.8, 4) is 0 Å². The molecule has 4 amide bonds. The molecule has 0 bridgehead atoms. The number of amides is 4. The molecule has 0 saturated carbocycles. The highest BCUT2D eigenvalue weighted by Gasteiger charge is 2.49. The Bertz CT molecular complexity index is 597. The van der Waals surface area contributed by atoms with Crippen LogP contribution in [0.15, 0.2) is 24.3 Å². The fourth-order valence-electron chi connectivity index (χ4n) is 2.39. The van der Waals surface area contributed by atoms with E-state index in [0.29, 0.717) is 12.1 Å². The minimum Gasteiger partial charge on any atom is -0.355 e. The van der Waals surface area contributed by atoms with Gasteiger partial charge in [-0.05, 0) is 25.8 Å². The minimum absolute atomic E-state index is 0.258. The predicted molar refractivity (Wildman–Crippen MR) is 82.1 cm³/mol. The molecule has 22 heavy (non-hydrogen) atoms. The van der Waals surface area contributed by atoms with Crippen LogP contribution in [-0.4, -0.2) is 35.8 Å². The van der Waals surface area contributed by atoms with E-state index in [1.54, 1.807) is 6.92 Å². The zero-order chi connectivity index (χ0) is 16.3. The molecule has 1 saturated heterocycles. The largest absolute Gasteiger partial charge is 0.355 e. The van der Waals surface area contributed by atoms with Crippen LogP contribution >= 0.6 is 0 Å². The second-order valence-electron chi connectivity index (χ2n) is 5.66. The zero-order valence-corrected chi connectivity index (χ0v) is 13.1. The summed E-state index contributed by atoms with van der Waals surface area (Å²) in [6.45, 7) is 5.81. The number of hydrogen-bond donors (Lipinski definition) is 2. The lowest BCUT2D eigenvalue weighted by atomic mass is 9.91. The molecule has 1 atom stereocenters. The van der Waals surface area contributed by atoms with E-state index in [0.717, 1.165) is 16.9 Å². The summed E-state index contributed by atoms with van der Waals surface area (Å²) >= 11 is 0. The molecule has 2 N–H and O–H groups in total. The summed E-state index contributed by atoms with van der Waals surface area (Å²) < 4.78 is 0. The van der Waals surface area contributed by atoms with Gasteiger partial charge < -0.3 is 10.6 Å². The lowest BCUT2D eigenvalue weighted by Crippen LogP contribution is -2.43. The maximum Gasteiger partial charge on any atom is 0.325 e. The van der Waals surface area contributed by atoms with Crippen LogP contribution in [0.3, 0.4) is 0 Å². The van der Waals surface area contributed by atoms with E-state index in [-0.39, 0.29) is 12.5 Å². The van der Waals surface area contributed by atoms with Crippen molar-refractivity contribution >= 4 is 17.8 Å². The Hall–Kier alpha value is -2.37. The molecule has 118 valence electrons. The van der Waals surface area contributed by atoms with Crippen molar-refractivity contribution in [2.24, 2.45) is 0 Å². The van der Waals surface area contributed by atoms with E-state index in [4.69, 9.17) is 0 Å². The third-order valence-electron chi connectivity index (χ3n) is 3.78. The number of nitrogens with one attached hydrogen (secondary N) is 2. The van der Waals surface area contributed by atoms with Crippen molar-refractivity contribution < 1.29 is 14.4 Å². The van der Waals surface area contributed by atoms with Crippen LogP contribution in [0.2, 0.25) is 0 Å². The number of rotatable bonds is 5. The minimum atomic E-state index is -1.13. The Kier molecular flexibility index (Phi) is 4.49. The predicted octanol–water partition coefficient (Wildman–Crippen LogP) is 1.29. The Morgan fingerprint density at radius 2 is 1.91 bits per heavy atom. The van der Waals surface area contributed by atoms with Gasteiger partial charge in [0.25, 0.3) is 5.91 Å². The number of nitrogens with zero attached hydrogens (tertiary/aromatic N) is 1. The first-order chi connectivity index (χ1) is 10.4. The standard InChI is InChI=1S/C16H21N3O3/c1-4-9-17-13(20)10-19-14(21)16(3,18-15(19)22)12-7-5-11(2)6-8-12/h5-8H,4,9-10H2,1-3H3,(H,17,20)(H,18,22)/t16-/m0/s1. The first-order valence-electron chi connectivity index (χ1n) is 7.36. The Morgan fingerprint density at radius 1 is 1.27 bits per heavy atom. The average molecular weight is 303 g/mol. The van der Waals surface area contributed by atoms with Crippen LogP contribution in [0.1, 0.15) is 31.4 Å². The highest BCUT2D eigenvalue weighted by atomic mass is 16.2. The molecule has 0 aromatic heterocycles. The van der Waals surface area contributed by atoms with Gasteiger partial charge in [-0.1, -0.05) is 36.8 Å². The maximum atomic E-state index is 12.6. The topological polar surface area (TPSA) is 78.5 Å². The number of imide groups is 1. The van der Waals surface area contributed by atoms with Crippen LogP contribution in [0.25, 0.3) is 0 Å². The van der Waals surface area contributed by atoms with Gasteiger partial charge in [-0.15, -0.1) is 0 Å². The summed E-state index contributed by atoms with van der Waals surface area (Å²) in [5, 5.41) is 5.35. The van der Waals surface area contributed by atoms with Gasteiger partial charge >= 0.3 is 6.03 Å². The van der Waals surface area contributed by atoms with Crippen molar-refractivity contribution in [3.63, 3.8) is 0 Å². The van der Waals surface area contributed by atoms with Gasteiger partial charge in [-0.25, -0.2) is 4.79 Å². The van der Waals surface area contributed by atoms with Gasteiger partial charge in [-0.2, -0.15) is 0 Å². The van der Waals surface area contributed by atoms with E-state index < -0.39 is 17.5 Å². The van der Waals surface area contributed by atoms with Gasteiger partial charge in [0.2, 0.25) is 5.91 Å². The fourth-order valence-corrected chi connectivity index (χ4v) is 2.39. The first kappa shape index (κ1) is 16.0. The Balaban J connectivity index is 2.17. The summed E-state index contributed by atoms with van der Waals surface area (Å²) in [5.41, 5.74) is 0.642. The molecular formula is C16H21N3O3. The third kappa shape index (κ3) is 2.95. The highest BCUT2D eigenvalue weighted by Crippen LogP contribution is 2.28. The number of benzene rings is 1. The lowest BCUT2D eigenvalue weighted by Gasteiger charge is -2.22. The average Bonchev–Trinajstić information content (AvgIpc) is 2.70. The summed E-state index contributed by atoms with van der Waals surface area (Å²) in [7, 11) is 0. The van der Waals surface area contributed by atoms with Crippen molar-refractivity contribution in [3.05, 3.63) is 35.4 Å². The van der Waals surface area contributed by atoms with Crippen LogP contribution in [0.4, 0.5) is 4.79 Å². The van der Waals surface area contributed by atoms with Crippen molar-refractivity contribution in [2.45, 2.75) is 32.7 Å². The second-order valence-corrected chi connectivity index (χ2v) is 5.66. The van der Waals surface area contributed by atoms with E-state index in [1.165, 1.54) is 0 Å². The molecule has 2 rings (SSSR count). The number of carbonyl (C=O) groups excluding carboxylic acids is 3. The summed E-state index contributed by atoms with van der Waals surface area (Å²) in [4.78, 5) is 37.4. The molecule has 1 fully saturated rings. The van der Waals surface area contributed by atoms with Gasteiger partial charge in [0.15, 0.2) is 0 Å². The molecule has 0 unspecified atom stereocenters. The number of carbonyl (C=O) groups is 3. The molecule has 1 aromatic carbocycles. The van der Waals surface area contributed by atoms with Crippen molar-refractivity contribution in [2.75, 3.05) is 13.1 Å². The Morgan fingerprint density at radius 3 is 2.50 bits per heavy atom. The third-order valence-corrected chi connectivity index (χ3v) is 3.78. The summed E-state index contributed by atoms with van der Waals surface area (Å²) in [6.07, 6.45) is 0.799. The van der Waals surface area contributed by atoms with E-state index >= 15 is 0 Å². The van der Waals surface area contributed by atoms with Crippen LogP contribution in [0.5, 0.6) is 0 Å².